The molecule has 3 fully saturated rings. The first kappa shape index (κ1) is 17.0. The predicted octanol–water partition coefficient (Wildman–Crippen LogP) is 1.87. The smallest absolute Gasteiger partial charge is 0.222 e. The number of aromatic nitrogens is 3. The number of rotatable bonds is 2. The van der Waals surface area contributed by atoms with E-state index >= 15 is 0 Å². The van der Waals surface area contributed by atoms with Crippen LogP contribution < -0.4 is 4.90 Å². The van der Waals surface area contributed by atoms with Crippen LogP contribution in [-0.4, -0.2) is 76.5 Å². The van der Waals surface area contributed by atoms with Crippen LogP contribution in [0.3, 0.4) is 0 Å². The first-order valence-electron chi connectivity index (χ1n) is 10.1. The summed E-state index contributed by atoms with van der Waals surface area (Å²) >= 11 is 0. The van der Waals surface area contributed by atoms with Gasteiger partial charge in [0, 0.05) is 44.8 Å². The van der Waals surface area contributed by atoms with E-state index < -0.39 is 0 Å². The summed E-state index contributed by atoms with van der Waals surface area (Å²) in [5.41, 5.74) is 1.19. The fourth-order valence-electron chi connectivity index (χ4n) is 5.25. The number of hydrogen-bond donors (Lipinski definition) is 1. The van der Waals surface area contributed by atoms with Gasteiger partial charge >= 0.3 is 0 Å². The van der Waals surface area contributed by atoms with Crippen molar-refractivity contribution >= 4 is 22.8 Å². The van der Waals surface area contributed by atoms with Crippen LogP contribution >= 0.6 is 0 Å². The molecule has 5 heterocycles. The summed E-state index contributed by atoms with van der Waals surface area (Å²) in [7, 11) is 2.16. The molecule has 27 heavy (non-hydrogen) atoms. The number of likely N-dealkylation sites (tertiary alicyclic amines) is 2. The standard InChI is InChI=1S/C20H28N6O/c1-24-9-4-15(12-24)26-13-20(5-2-17(26)27)6-10-25(11-7-20)19-16-3-8-21-18(16)22-14-23-19/h3,8,14-15H,2,4-7,9-13H2,1H3,(H,21,22,23)/t15-/m1/s1. The minimum absolute atomic E-state index is 0.288. The molecule has 0 saturated carbocycles. The second kappa shape index (κ2) is 6.48. The van der Waals surface area contributed by atoms with E-state index in [0.717, 1.165) is 81.7 Å². The van der Waals surface area contributed by atoms with Crippen LogP contribution in [0.15, 0.2) is 18.6 Å². The van der Waals surface area contributed by atoms with Crippen molar-refractivity contribution in [3.05, 3.63) is 18.6 Å². The van der Waals surface area contributed by atoms with Crippen LogP contribution in [0.2, 0.25) is 0 Å². The minimum atomic E-state index is 0.288. The highest BCUT2D eigenvalue weighted by molar-refractivity contribution is 5.87. The van der Waals surface area contributed by atoms with Gasteiger partial charge in [0.15, 0.2) is 0 Å². The molecule has 5 rings (SSSR count). The monoisotopic (exact) mass is 368 g/mol. The first-order chi connectivity index (χ1) is 13.1. The van der Waals surface area contributed by atoms with Crippen molar-refractivity contribution in [3.63, 3.8) is 0 Å². The Hall–Kier alpha value is -2.15. The SMILES string of the molecule is CN1CC[C@@H](N2CC3(CCC2=O)CCN(c2ncnc4[nH]ccc24)CC3)C1. The number of amides is 1. The summed E-state index contributed by atoms with van der Waals surface area (Å²) in [4.78, 5) is 31.6. The fourth-order valence-corrected chi connectivity index (χ4v) is 5.25. The van der Waals surface area contributed by atoms with Gasteiger partial charge < -0.3 is 19.7 Å². The van der Waals surface area contributed by atoms with Crippen molar-refractivity contribution in [2.75, 3.05) is 44.7 Å². The Morgan fingerprint density at radius 2 is 2.04 bits per heavy atom. The van der Waals surface area contributed by atoms with Crippen molar-refractivity contribution in [2.24, 2.45) is 5.41 Å². The van der Waals surface area contributed by atoms with E-state index in [0.29, 0.717) is 11.9 Å². The van der Waals surface area contributed by atoms with E-state index in [-0.39, 0.29) is 5.41 Å². The lowest BCUT2D eigenvalue weighted by Crippen LogP contribution is -2.55. The number of carbonyl (C=O) groups is 1. The zero-order chi connectivity index (χ0) is 18.4. The molecule has 0 unspecified atom stereocenters. The second-order valence-electron chi connectivity index (χ2n) is 8.65. The number of likely N-dealkylation sites (N-methyl/N-ethyl adjacent to an activating group) is 1. The van der Waals surface area contributed by atoms with Crippen molar-refractivity contribution in [2.45, 2.75) is 38.1 Å². The van der Waals surface area contributed by atoms with Gasteiger partial charge in [-0.25, -0.2) is 9.97 Å². The number of hydrogen-bond acceptors (Lipinski definition) is 5. The third kappa shape index (κ3) is 2.98. The number of nitrogens with one attached hydrogen (secondary N) is 1. The van der Waals surface area contributed by atoms with Gasteiger partial charge in [-0.3, -0.25) is 4.79 Å². The van der Waals surface area contributed by atoms with Gasteiger partial charge in [-0.1, -0.05) is 0 Å². The zero-order valence-corrected chi connectivity index (χ0v) is 16.0. The molecule has 1 spiro atoms. The number of nitrogens with zero attached hydrogens (tertiary/aromatic N) is 5. The average molecular weight is 368 g/mol. The molecule has 144 valence electrons. The Morgan fingerprint density at radius 3 is 2.81 bits per heavy atom. The first-order valence-corrected chi connectivity index (χ1v) is 10.1. The molecular formula is C20H28N6O. The maximum Gasteiger partial charge on any atom is 0.222 e. The number of aromatic amines is 1. The summed E-state index contributed by atoms with van der Waals surface area (Å²) in [6.07, 6.45) is 8.73. The Kier molecular flexibility index (Phi) is 4.07. The van der Waals surface area contributed by atoms with Gasteiger partial charge in [0.1, 0.15) is 17.8 Å². The van der Waals surface area contributed by atoms with Crippen LogP contribution in [0.4, 0.5) is 5.82 Å². The lowest BCUT2D eigenvalue weighted by molar-refractivity contribution is -0.141. The van der Waals surface area contributed by atoms with E-state index in [1.54, 1.807) is 6.33 Å². The van der Waals surface area contributed by atoms with E-state index in [4.69, 9.17) is 0 Å². The lowest BCUT2D eigenvalue weighted by atomic mass is 9.72. The number of fused-ring (bicyclic) bond motifs is 1. The third-order valence-corrected chi connectivity index (χ3v) is 6.96. The Bertz CT molecular complexity index is 840. The Balaban J connectivity index is 1.30. The normalized spacial score (nSPS) is 26.4. The summed E-state index contributed by atoms with van der Waals surface area (Å²) in [6.45, 7) is 5.09. The molecule has 0 bridgehead atoms. The molecule has 1 amide bonds. The number of H-pyrrole nitrogens is 1. The Morgan fingerprint density at radius 1 is 1.19 bits per heavy atom. The van der Waals surface area contributed by atoms with E-state index in [2.05, 4.69) is 42.8 Å². The van der Waals surface area contributed by atoms with Crippen molar-refractivity contribution < 1.29 is 4.79 Å². The minimum Gasteiger partial charge on any atom is -0.356 e. The van der Waals surface area contributed by atoms with Crippen LogP contribution in [0.1, 0.15) is 32.1 Å². The summed E-state index contributed by atoms with van der Waals surface area (Å²) in [6, 6.07) is 2.48. The van der Waals surface area contributed by atoms with Gasteiger partial charge in [0.05, 0.1) is 5.39 Å². The molecule has 1 atom stereocenters. The summed E-state index contributed by atoms with van der Waals surface area (Å²) in [5.74, 6) is 1.41. The van der Waals surface area contributed by atoms with E-state index in [9.17, 15) is 4.79 Å². The Labute approximate surface area is 159 Å². The molecule has 7 nitrogen and oxygen atoms in total. The zero-order valence-electron chi connectivity index (χ0n) is 16.0. The highest BCUT2D eigenvalue weighted by atomic mass is 16.2. The highest BCUT2D eigenvalue weighted by Gasteiger charge is 2.44. The van der Waals surface area contributed by atoms with E-state index in [1.807, 2.05) is 6.20 Å². The van der Waals surface area contributed by atoms with Crippen molar-refractivity contribution in [3.8, 4) is 0 Å². The lowest BCUT2D eigenvalue weighted by Gasteiger charge is -2.49. The maximum atomic E-state index is 12.6. The molecule has 3 saturated heterocycles. The largest absolute Gasteiger partial charge is 0.356 e. The molecule has 0 aliphatic carbocycles. The molecule has 2 aromatic heterocycles. The van der Waals surface area contributed by atoms with Gasteiger partial charge in [-0.05, 0) is 50.8 Å². The van der Waals surface area contributed by atoms with Gasteiger partial charge in [-0.2, -0.15) is 0 Å². The van der Waals surface area contributed by atoms with Crippen LogP contribution in [-0.2, 0) is 4.79 Å². The number of carbonyl (C=O) groups excluding carboxylic acids is 1. The quantitative estimate of drug-likeness (QED) is 0.876. The number of piperidine rings is 2. The third-order valence-electron chi connectivity index (χ3n) is 6.96. The summed E-state index contributed by atoms with van der Waals surface area (Å²) in [5, 5.41) is 1.10. The molecule has 1 N–H and O–H groups in total. The van der Waals surface area contributed by atoms with Crippen molar-refractivity contribution in [1.82, 2.24) is 24.8 Å². The summed E-state index contributed by atoms with van der Waals surface area (Å²) < 4.78 is 0. The van der Waals surface area contributed by atoms with Crippen LogP contribution in [0.25, 0.3) is 11.0 Å². The highest BCUT2D eigenvalue weighted by Crippen LogP contribution is 2.42. The topological polar surface area (TPSA) is 68.4 Å². The van der Waals surface area contributed by atoms with Gasteiger partial charge in [-0.15, -0.1) is 0 Å². The van der Waals surface area contributed by atoms with Crippen molar-refractivity contribution in [1.29, 1.82) is 0 Å². The fraction of sp³-hybridized carbons (Fsp3) is 0.650. The number of anilines is 1. The maximum absolute atomic E-state index is 12.6. The molecule has 0 radical (unpaired) electrons. The molecule has 3 aliphatic heterocycles. The second-order valence-corrected chi connectivity index (χ2v) is 8.65. The van der Waals surface area contributed by atoms with E-state index in [1.165, 1.54) is 0 Å². The molecule has 0 aromatic carbocycles. The molecular weight excluding hydrogens is 340 g/mol. The van der Waals surface area contributed by atoms with Crippen LogP contribution in [0, 0.1) is 5.41 Å². The predicted molar refractivity (Wildman–Crippen MR) is 105 cm³/mol. The van der Waals surface area contributed by atoms with Gasteiger partial charge in [0.25, 0.3) is 0 Å². The van der Waals surface area contributed by atoms with Gasteiger partial charge in [0.2, 0.25) is 5.91 Å². The molecule has 2 aromatic rings. The average Bonchev–Trinajstić information content (AvgIpc) is 3.33. The molecule has 3 aliphatic rings. The molecule has 7 heteroatoms. The van der Waals surface area contributed by atoms with Crippen LogP contribution in [0.5, 0.6) is 0 Å².